The molecule has 0 bridgehead atoms. The molecule has 0 radical (unpaired) electrons. The summed E-state index contributed by atoms with van der Waals surface area (Å²) in [4.78, 5) is 14.6. The van der Waals surface area contributed by atoms with Gasteiger partial charge in [-0.15, -0.1) is 0 Å². The SMILES string of the molecule is COc1ccc(CC(=O)N2CCCC(COc3cccc(C)c3)C2)cc1. The molecule has 3 rings (SSSR count). The molecule has 1 saturated heterocycles. The monoisotopic (exact) mass is 353 g/mol. The van der Waals surface area contributed by atoms with Crippen LogP contribution >= 0.6 is 0 Å². The van der Waals surface area contributed by atoms with Gasteiger partial charge in [-0.1, -0.05) is 24.3 Å². The van der Waals surface area contributed by atoms with Crippen molar-refractivity contribution in [3.63, 3.8) is 0 Å². The third-order valence-corrected chi connectivity index (χ3v) is 4.86. The Morgan fingerprint density at radius 3 is 2.69 bits per heavy atom. The molecule has 1 heterocycles. The molecule has 2 aromatic rings. The van der Waals surface area contributed by atoms with Gasteiger partial charge in [-0.25, -0.2) is 0 Å². The Kier molecular flexibility index (Phi) is 6.16. The van der Waals surface area contributed by atoms with Gasteiger partial charge < -0.3 is 14.4 Å². The van der Waals surface area contributed by atoms with Gasteiger partial charge in [-0.2, -0.15) is 0 Å². The lowest BCUT2D eigenvalue weighted by Gasteiger charge is -2.32. The van der Waals surface area contributed by atoms with Crippen LogP contribution in [0.25, 0.3) is 0 Å². The van der Waals surface area contributed by atoms with Crippen LogP contribution < -0.4 is 9.47 Å². The number of carbonyl (C=O) groups excluding carboxylic acids is 1. The van der Waals surface area contributed by atoms with Crippen molar-refractivity contribution in [3.8, 4) is 11.5 Å². The van der Waals surface area contributed by atoms with Gasteiger partial charge in [0, 0.05) is 19.0 Å². The Morgan fingerprint density at radius 2 is 1.96 bits per heavy atom. The maximum Gasteiger partial charge on any atom is 0.227 e. The molecule has 1 amide bonds. The Balaban J connectivity index is 1.51. The van der Waals surface area contributed by atoms with E-state index in [4.69, 9.17) is 9.47 Å². The summed E-state index contributed by atoms with van der Waals surface area (Å²) in [5, 5.41) is 0. The minimum Gasteiger partial charge on any atom is -0.497 e. The van der Waals surface area contributed by atoms with Crippen LogP contribution in [-0.2, 0) is 11.2 Å². The smallest absolute Gasteiger partial charge is 0.227 e. The van der Waals surface area contributed by atoms with Gasteiger partial charge in [0.15, 0.2) is 0 Å². The lowest BCUT2D eigenvalue weighted by atomic mass is 9.98. The van der Waals surface area contributed by atoms with Crippen molar-refractivity contribution in [2.75, 3.05) is 26.8 Å². The Hall–Kier alpha value is -2.49. The number of hydrogen-bond acceptors (Lipinski definition) is 3. The molecule has 26 heavy (non-hydrogen) atoms. The van der Waals surface area contributed by atoms with Crippen LogP contribution in [0.1, 0.15) is 24.0 Å². The van der Waals surface area contributed by atoms with Gasteiger partial charge >= 0.3 is 0 Å². The number of methoxy groups -OCH3 is 1. The van der Waals surface area contributed by atoms with Crippen molar-refractivity contribution >= 4 is 5.91 Å². The topological polar surface area (TPSA) is 38.8 Å². The highest BCUT2D eigenvalue weighted by Gasteiger charge is 2.24. The predicted octanol–water partition coefficient (Wildman–Crippen LogP) is 3.86. The molecule has 0 spiro atoms. The third-order valence-electron chi connectivity index (χ3n) is 4.86. The van der Waals surface area contributed by atoms with Crippen molar-refractivity contribution in [1.82, 2.24) is 4.90 Å². The molecule has 0 aromatic heterocycles. The van der Waals surface area contributed by atoms with E-state index < -0.39 is 0 Å². The first-order valence-corrected chi connectivity index (χ1v) is 9.24. The summed E-state index contributed by atoms with van der Waals surface area (Å²) in [5.74, 6) is 2.30. The first kappa shape index (κ1) is 18.3. The lowest BCUT2D eigenvalue weighted by molar-refractivity contribution is -0.132. The van der Waals surface area contributed by atoms with Gasteiger partial charge in [0.2, 0.25) is 5.91 Å². The zero-order chi connectivity index (χ0) is 18.4. The van der Waals surface area contributed by atoms with Crippen LogP contribution in [0.2, 0.25) is 0 Å². The number of benzene rings is 2. The largest absolute Gasteiger partial charge is 0.497 e. The molecule has 4 nitrogen and oxygen atoms in total. The van der Waals surface area contributed by atoms with Crippen molar-refractivity contribution in [1.29, 1.82) is 0 Å². The normalized spacial score (nSPS) is 17.0. The van der Waals surface area contributed by atoms with Crippen molar-refractivity contribution < 1.29 is 14.3 Å². The van der Waals surface area contributed by atoms with Gasteiger partial charge in [-0.05, 0) is 55.2 Å². The average molecular weight is 353 g/mol. The number of piperidine rings is 1. The van der Waals surface area contributed by atoms with E-state index in [1.807, 2.05) is 41.3 Å². The first-order chi connectivity index (χ1) is 12.6. The Morgan fingerprint density at radius 1 is 1.15 bits per heavy atom. The van der Waals surface area contributed by atoms with Gasteiger partial charge in [-0.3, -0.25) is 4.79 Å². The van der Waals surface area contributed by atoms with Gasteiger partial charge in [0.1, 0.15) is 11.5 Å². The number of carbonyl (C=O) groups is 1. The molecule has 0 saturated carbocycles. The standard InChI is InChI=1S/C22H27NO3/c1-17-5-3-7-21(13-17)26-16-19-6-4-12-23(15-19)22(24)14-18-8-10-20(25-2)11-9-18/h3,5,7-11,13,19H,4,6,12,14-16H2,1-2H3. The minimum atomic E-state index is 0.190. The van der Waals surface area contributed by atoms with Crippen LogP contribution in [0.5, 0.6) is 11.5 Å². The van der Waals surface area contributed by atoms with Crippen LogP contribution in [0.4, 0.5) is 0 Å². The maximum absolute atomic E-state index is 12.6. The Labute approximate surface area is 155 Å². The molecular weight excluding hydrogens is 326 g/mol. The molecule has 2 aromatic carbocycles. The van der Waals surface area contributed by atoms with E-state index in [1.54, 1.807) is 7.11 Å². The molecule has 1 fully saturated rings. The minimum absolute atomic E-state index is 0.190. The number of hydrogen-bond donors (Lipinski definition) is 0. The van der Waals surface area contributed by atoms with E-state index in [9.17, 15) is 4.79 Å². The summed E-state index contributed by atoms with van der Waals surface area (Å²) in [6.45, 7) is 4.35. The number of aryl methyl sites for hydroxylation is 1. The number of ether oxygens (including phenoxy) is 2. The number of rotatable bonds is 6. The van der Waals surface area contributed by atoms with Crippen molar-refractivity contribution in [2.45, 2.75) is 26.2 Å². The van der Waals surface area contributed by atoms with Gasteiger partial charge in [0.05, 0.1) is 20.1 Å². The molecule has 0 aliphatic carbocycles. The first-order valence-electron chi connectivity index (χ1n) is 9.24. The zero-order valence-corrected chi connectivity index (χ0v) is 15.6. The number of amides is 1. The summed E-state index contributed by atoms with van der Waals surface area (Å²) in [6.07, 6.45) is 2.59. The molecular formula is C22H27NO3. The van der Waals surface area contributed by atoms with Crippen LogP contribution in [0.3, 0.4) is 0 Å². The second kappa shape index (κ2) is 8.75. The summed E-state index contributed by atoms with van der Waals surface area (Å²) < 4.78 is 11.1. The van der Waals surface area contributed by atoms with Crippen LogP contribution in [0.15, 0.2) is 48.5 Å². The molecule has 1 aliphatic rings. The second-order valence-corrected chi connectivity index (χ2v) is 7.00. The number of likely N-dealkylation sites (tertiary alicyclic amines) is 1. The summed E-state index contributed by atoms with van der Waals surface area (Å²) >= 11 is 0. The predicted molar refractivity (Wildman–Crippen MR) is 103 cm³/mol. The van der Waals surface area contributed by atoms with Crippen LogP contribution in [0, 0.1) is 12.8 Å². The van der Waals surface area contributed by atoms with E-state index in [-0.39, 0.29) is 5.91 Å². The zero-order valence-electron chi connectivity index (χ0n) is 15.6. The fraction of sp³-hybridized carbons (Fsp3) is 0.409. The van der Waals surface area contributed by atoms with E-state index in [1.165, 1.54) is 5.56 Å². The average Bonchev–Trinajstić information content (AvgIpc) is 2.67. The molecule has 1 aliphatic heterocycles. The highest BCUT2D eigenvalue weighted by atomic mass is 16.5. The summed E-state index contributed by atoms with van der Waals surface area (Å²) in [5.41, 5.74) is 2.22. The van der Waals surface area contributed by atoms with Crippen LogP contribution in [-0.4, -0.2) is 37.6 Å². The summed E-state index contributed by atoms with van der Waals surface area (Å²) in [7, 11) is 1.65. The summed E-state index contributed by atoms with van der Waals surface area (Å²) in [6, 6.07) is 15.8. The van der Waals surface area contributed by atoms with E-state index in [0.717, 1.165) is 43.0 Å². The maximum atomic E-state index is 12.6. The molecule has 0 N–H and O–H groups in total. The third kappa shape index (κ3) is 5.01. The quantitative estimate of drug-likeness (QED) is 0.791. The Bertz CT molecular complexity index is 726. The number of nitrogens with zero attached hydrogens (tertiary/aromatic N) is 1. The lowest BCUT2D eigenvalue weighted by Crippen LogP contribution is -2.42. The van der Waals surface area contributed by atoms with E-state index >= 15 is 0 Å². The highest BCUT2D eigenvalue weighted by Crippen LogP contribution is 2.21. The second-order valence-electron chi connectivity index (χ2n) is 7.00. The van der Waals surface area contributed by atoms with E-state index in [0.29, 0.717) is 18.9 Å². The molecule has 138 valence electrons. The fourth-order valence-corrected chi connectivity index (χ4v) is 3.38. The highest BCUT2D eigenvalue weighted by molar-refractivity contribution is 5.78. The van der Waals surface area contributed by atoms with Crippen molar-refractivity contribution in [2.24, 2.45) is 5.92 Å². The van der Waals surface area contributed by atoms with Gasteiger partial charge in [0.25, 0.3) is 0 Å². The van der Waals surface area contributed by atoms with Crippen molar-refractivity contribution in [3.05, 3.63) is 59.7 Å². The molecule has 1 unspecified atom stereocenters. The molecule has 1 atom stereocenters. The molecule has 4 heteroatoms. The fourth-order valence-electron chi connectivity index (χ4n) is 3.38. The van der Waals surface area contributed by atoms with E-state index in [2.05, 4.69) is 19.1 Å².